The highest BCUT2D eigenvalue weighted by atomic mass is 16.1. The van der Waals surface area contributed by atoms with Crippen molar-refractivity contribution in [3.63, 3.8) is 0 Å². The number of fused-ring (bicyclic) bond motifs is 1. The quantitative estimate of drug-likeness (QED) is 0.387. The molecule has 0 bridgehead atoms. The predicted molar refractivity (Wildman–Crippen MR) is 156 cm³/mol. The van der Waals surface area contributed by atoms with Gasteiger partial charge in [0.05, 0.1) is 6.04 Å². The minimum atomic E-state index is -0.308. The van der Waals surface area contributed by atoms with Gasteiger partial charge in [0, 0.05) is 42.9 Å². The number of piperazine rings is 1. The van der Waals surface area contributed by atoms with E-state index in [2.05, 4.69) is 94.4 Å². The average molecular weight is 526 g/mol. The fourth-order valence-corrected chi connectivity index (χ4v) is 6.46. The molecule has 2 aromatic carbocycles. The van der Waals surface area contributed by atoms with Crippen LogP contribution in [-0.2, 0) is 0 Å². The van der Waals surface area contributed by atoms with E-state index in [1.807, 2.05) is 4.68 Å². The Labute approximate surface area is 230 Å². The average Bonchev–Trinajstić information content (AvgIpc) is 3.42. The summed E-state index contributed by atoms with van der Waals surface area (Å²) in [4.78, 5) is 21.8. The molecule has 1 saturated carbocycles. The van der Waals surface area contributed by atoms with Crippen LogP contribution >= 0.6 is 0 Å². The molecule has 1 atom stereocenters. The Balaban J connectivity index is 1.40. The van der Waals surface area contributed by atoms with Gasteiger partial charge < -0.3 is 9.88 Å². The monoisotopic (exact) mass is 525 g/mol. The lowest BCUT2D eigenvalue weighted by Crippen LogP contribution is -2.49. The molecular weight excluding hydrogens is 486 g/mol. The summed E-state index contributed by atoms with van der Waals surface area (Å²) in [6.45, 7) is 12.0. The van der Waals surface area contributed by atoms with E-state index in [-0.39, 0.29) is 17.6 Å². The van der Waals surface area contributed by atoms with Crippen LogP contribution in [0.5, 0.6) is 0 Å². The number of aryl methyl sites for hydroxylation is 3. The lowest BCUT2D eigenvalue weighted by atomic mass is 9.95. The number of nitrogens with zero attached hydrogens (tertiary/aromatic N) is 6. The van der Waals surface area contributed by atoms with Crippen molar-refractivity contribution in [2.45, 2.75) is 71.9 Å². The van der Waals surface area contributed by atoms with Crippen LogP contribution < -0.4 is 10.5 Å². The Bertz CT molecular complexity index is 1540. The third-order valence-electron chi connectivity index (χ3n) is 9.06. The topological polar surface area (TPSA) is 82.9 Å². The first-order valence-corrected chi connectivity index (χ1v) is 14.4. The Morgan fingerprint density at radius 2 is 1.64 bits per heavy atom. The van der Waals surface area contributed by atoms with Crippen molar-refractivity contribution in [3.05, 3.63) is 80.4 Å². The molecule has 0 radical (unpaired) electrons. The molecule has 4 aromatic rings. The third kappa shape index (κ3) is 4.86. The van der Waals surface area contributed by atoms with Crippen LogP contribution in [0.15, 0.2) is 41.2 Å². The zero-order chi connectivity index (χ0) is 27.1. The first kappa shape index (κ1) is 25.7. The van der Waals surface area contributed by atoms with Gasteiger partial charge in [-0.1, -0.05) is 31.4 Å². The Morgan fingerprint density at radius 1 is 0.897 bits per heavy atom. The second-order valence-corrected chi connectivity index (χ2v) is 11.5. The molecule has 39 heavy (non-hydrogen) atoms. The number of anilines is 1. The maximum absolute atomic E-state index is 13.7. The van der Waals surface area contributed by atoms with E-state index >= 15 is 0 Å². The highest BCUT2D eigenvalue weighted by molar-refractivity contribution is 5.81. The SMILES string of the molecule is Cc1cc2cc([C@H](c3nnnn3C3CCCCC3)N3CCN(c4cccc(C)c4C)CC3)c(=O)[nH]c2cc1C. The summed E-state index contributed by atoms with van der Waals surface area (Å²) >= 11 is 0. The summed E-state index contributed by atoms with van der Waals surface area (Å²) in [5.74, 6) is 0.788. The molecule has 8 nitrogen and oxygen atoms in total. The summed E-state index contributed by atoms with van der Waals surface area (Å²) in [6, 6.07) is 12.8. The van der Waals surface area contributed by atoms with E-state index in [1.54, 1.807) is 0 Å². The number of aromatic amines is 1. The van der Waals surface area contributed by atoms with Crippen molar-refractivity contribution in [3.8, 4) is 0 Å². The second kappa shape index (κ2) is 10.6. The van der Waals surface area contributed by atoms with Gasteiger partial charge in [-0.3, -0.25) is 9.69 Å². The zero-order valence-corrected chi connectivity index (χ0v) is 23.6. The maximum Gasteiger partial charge on any atom is 0.253 e. The van der Waals surface area contributed by atoms with Gasteiger partial charge in [-0.05, 0) is 103 Å². The lowest BCUT2D eigenvalue weighted by molar-refractivity contribution is 0.192. The highest BCUT2D eigenvalue weighted by Gasteiger charge is 2.34. The van der Waals surface area contributed by atoms with Crippen LogP contribution in [0.2, 0.25) is 0 Å². The summed E-state index contributed by atoms with van der Waals surface area (Å²) in [6.07, 6.45) is 5.81. The highest BCUT2D eigenvalue weighted by Crippen LogP contribution is 2.34. The van der Waals surface area contributed by atoms with Gasteiger partial charge in [0.1, 0.15) is 6.04 Å². The molecular formula is C31H39N7O. The summed E-state index contributed by atoms with van der Waals surface area (Å²) in [5, 5.41) is 14.3. The van der Waals surface area contributed by atoms with Gasteiger partial charge in [0.2, 0.25) is 0 Å². The van der Waals surface area contributed by atoms with E-state index in [4.69, 9.17) is 0 Å². The first-order chi connectivity index (χ1) is 18.9. The normalized spacial score (nSPS) is 18.1. The van der Waals surface area contributed by atoms with Crippen LogP contribution in [0.4, 0.5) is 5.69 Å². The molecule has 1 aliphatic heterocycles. The van der Waals surface area contributed by atoms with Crippen molar-refractivity contribution >= 4 is 16.6 Å². The molecule has 2 aliphatic rings. The van der Waals surface area contributed by atoms with Crippen LogP contribution in [0.25, 0.3) is 10.9 Å². The molecule has 8 heteroatoms. The Hall–Kier alpha value is -3.52. The molecule has 1 aliphatic carbocycles. The molecule has 3 heterocycles. The van der Waals surface area contributed by atoms with E-state index in [1.165, 1.54) is 47.2 Å². The van der Waals surface area contributed by atoms with Crippen molar-refractivity contribution in [2.24, 2.45) is 0 Å². The number of rotatable bonds is 5. The number of hydrogen-bond donors (Lipinski definition) is 1. The number of pyridine rings is 1. The zero-order valence-electron chi connectivity index (χ0n) is 23.6. The molecule has 1 N–H and O–H groups in total. The van der Waals surface area contributed by atoms with Gasteiger partial charge in [0.25, 0.3) is 5.56 Å². The minimum absolute atomic E-state index is 0.0640. The van der Waals surface area contributed by atoms with Gasteiger partial charge >= 0.3 is 0 Å². The third-order valence-corrected chi connectivity index (χ3v) is 9.06. The van der Waals surface area contributed by atoms with Gasteiger partial charge in [-0.15, -0.1) is 5.10 Å². The number of H-pyrrole nitrogens is 1. The van der Waals surface area contributed by atoms with E-state index in [0.29, 0.717) is 0 Å². The van der Waals surface area contributed by atoms with Gasteiger partial charge in [-0.2, -0.15) is 0 Å². The van der Waals surface area contributed by atoms with Crippen molar-refractivity contribution < 1.29 is 0 Å². The largest absolute Gasteiger partial charge is 0.369 e. The van der Waals surface area contributed by atoms with Crippen LogP contribution in [0, 0.1) is 27.7 Å². The predicted octanol–water partition coefficient (Wildman–Crippen LogP) is 5.17. The summed E-state index contributed by atoms with van der Waals surface area (Å²) in [7, 11) is 0. The smallest absolute Gasteiger partial charge is 0.253 e. The fourth-order valence-electron chi connectivity index (χ4n) is 6.46. The molecule has 204 valence electrons. The summed E-state index contributed by atoms with van der Waals surface area (Å²) < 4.78 is 2.03. The standard InChI is InChI=1S/C31H39N7O/c1-20-9-8-12-28(23(20)4)36-13-15-37(16-14-36)29(30-33-34-35-38(30)25-10-6-5-7-11-25)26-19-24-17-21(2)22(3)18-27(24)32-31(26)39/h8-9,12,17-19,25,29H,5-7,10-11,13-16H2,1-4H3,(H,32,39)/t29-/m1/s1. The van der Waals surface area contributed by atoms with Crippen LogP contribution in [0.1, 0.15) is 77.8 Å². The number of hydrogen-bond acceptors (Lipinski definition) is 6. The van der Waals surface area contributed by atoms with Crippen LogP contribution in [-0.4, -0.2) is 56.3 Å². The first-order valence-electron chi connectivity index (χ1n) is 14.4. The molecule has 0 spiro atoms. The van der Waals surface area contributed by atoms with Gasteiger partial charge in [-0.25, -0.2) is 4.68 Å². The maximum atomic E-state index is 13.7. The van der Waals surface area contributed by atoms with Crippen LogP contribution in [0.3, 0.4) is 0 Å². The molecule has 2 aromatic heterocycles. The fraction of sp³-hybridized carbons (Fsp3) is 0.484. The van der Waals surface area contributed by atoms with E-state index in [0.717, 1.165) is 61.3 Å². The minimum Gasteiger partial charge on any atom is -0.369 e. The van der Waals surface area contributed by atoms with E-state index < -0.39 is 0 Å². The summed E-state index contributed by atoms with van der Waals surface area (Å²) in [5.41, 5.74) is 7.86. The number of aromatic nitrogens is 5. The number of tetrazole rings is 1. The Morgan fingerprint density at radius 3 is 2.41 bits per heavy atom. The molecule has 2 fully saturated rings. The molecule has 1 saturated heterocycles. The molecule has 6 rings (SSSR count). The number of benzene rings is 2. The van der Waals surface area contributed by atoms with Crippen molar-refractivity contribution in [1.29, 1.82) is 0 Å². The second-order valence-electron chi connectivity index (χ2n) is 11.5. The lowest BCUT2D eigenvalue weighted by Gasteiger charge is -2.40. The van der Waals surface area contributed by atoms with E-state index in [9.17, 15) is 4.79 Å². The molecule has 0 amide bonds. The van der Waals surface area contributed by atoms with Gasteiger partial charge in [0.15, 0.2) is 5.82 Å². The molecule has 0 unspecified atom stereocenters. The van der Waals surface area contributed by atoms with Crippen molar-refractivity contribution in [2.75, 3.05) is 31.1 Å². The van der Waals surface area contributed by atoms with Crippen molar-refractivity contribution in [1.82, 2.24) is 30.1 Å². The Kier molecular flexibility index (Phi) is 6.97. The number of nitrogens with one attached hydrogen (secondary N) is 1.